The summed E-state index contributed by atoms with van der Waals surface area (Å²) in [4.78, 5) is 6.02. The molecular formula is C21H26O2S2. The zero-order valence-electron chi connectivity index (χ0n) is 15.5. The van der Waals surface area contributed by atoms with Gasteiger partial charge in [0.1, 0.15) is 0 Å². The van der Waals surface area contributed by atoms with Crippen molar-refractivity contribution in [2.75, 3.05) is 13.2 Å². The van der Waals surface area contributed by atoms with E-state index >= 15 is 0 Å². The molecule has 2 aliphatic carbocycles. The van der Waals surface area contributed by atoms with E-state index in [-0.39, 0.29) is 5.79 Å². The monoisotopic (exact) mass is 374 g/mol. The number of hydrogen-bond donors (Lipinski definition) is 0. The zero-order chi connectivity index (χ0) is 17.3. The summed E-state index contributed by atoms with van der Waals surface area (Å²) in [6.07, 6.45) is 4.43. The van der Waals surface area contributed by atoms with Gasteiger partial charge in [-0.05, 0) is 75.6 Å². The maximum atomic E-state index is 6.45. The van der Waals surface area contributed by atoms with E-state index in [1.54, 1.807) is 22.3 Å². The van der Waals surface area contributed by atoms with Crippen LogP contribution >= 0.6 is 22.7 Å². The first-order valence-electron chi connectivity index (χ1n) is 9.43. The average molecular weight is 375 g/mol. The Hall–Kier alpha value is -0.680. The number of fused-ring (bicyclic) bond motifs is 2. The summed E-state index contributed by atoms with van der Waals surface area (Å²) in [5.41, 5.74) is 6.39. The van der Waals surface area contributed by atoms with Crippen LogP contribution in [0.2, 0.25) is 0 Å². The maximum absolute atomic E-state index is 6.45. The summed E-state index contributed by atoms with van der Waals surface area (Å²) < 4.78 is 12.9. The van der Waals surface area contributed by atoms with E-state index < -0.39 is 0 Å². The van der Waals surface area contributed by atoms with E-state index in [1.807, 2.05) is 22.7 Å². The fourth-order valence-corrected chi connectivity index (χ4v) is 7.81. The largest absolute Gasteiger partial charge is 0.347 e. The maximum Gasteiger partial charge on any atom is 0.175 e. The van der Waals surface area contributed by atoms with Crippen LogP contribution in [0.5, 0.6) is 0 Å². The summed E-state index contributed by atoms with van der Waals surface area (Å²) >= 11 is 3.97. The standard InChI is InChI=1S/C21H26O2S2/c1-11-17-7-15-9-19-13(3)25-14(4)20(19)10-16(8-18(17)12(2)24-11)21(15)22-5-6-23-21/h15-16H,5-10H2,1-4H3. The Kier molecular flexibility index (Phi) is 3.73. The van der Waals surface area contributed by atoms with Crippen LogP contribution in [-0.4, -0.2) is 19.0 Å². The molecule has 2 aromatic rings. The summed E-state index contributed by atoms with van der Waals surface area (Å²) in [6, 6.07) is 0. The predicted molar refractivity (Wildman–Crippen MR) is 104 cm³/mol. The molecule has 1 fully saturated rings. The van der Waals surface area contributed by atoms with E-state index in [2.05, 4.69) is 27.7 Å². The second-order valence-electron chi connectivity index (χ2n) is 7.97. The van der Waals surface area contributed by atoms with Crippen molar-refractivity contribution < 1.29 is 9.47 Å². The lowest BCUT2D eigenvalue weighted by Gasteiger charge is -2.39. The zero-order valence-corrected chi connectivity index (χ0v) is 17.2. The quantitative estimate of drug-likeness (QED) is 0.652. The van der Waals surface area contributed by atoms with Gasteiger partial charge in [0.25, 0.3) is 0 Å². The van der Waals surface area contributed by atoms with Crippen molar-refractivity contribution in [3.05, 3.63) is 41.8 Å². The molecule has 1 saturated heterocycles. The highest BCUT2D eigenvalue weighted by atomic mass is 32.1. The number of hydrogen-bond acceptors (Lipinski definition) is 4. The van der Waals surface area contributed by atoms with E-state index in [0.29, 0.717) is 11.8 Å². The van der Waals surface area contributed by atoms with Gasteiger partial charge in [0, 0.05) is 31.3 Å². The molecule has 0 amide bonds. The van der Waals surface area contributed by atoms with Crippen LogP contribution in [0.1, 0.15) is 41.8 Å². The van der Waals surface area contributed by atoms with Gasteiger partial charge in [-0.1, -0.05) is 0 Å². The van der Waals surface area contributed by atoms with Crippen molar-refractivity contribution in [1.29, 1.82) is 0 Å². The molecule has 2 nitrogen and oxygen atoms in total. The summed E-state index contributed by atoms with van der Waals surface area (Å²) in [6.45, 7) is 10.7. The van der Waals surface area contributed by atoms with Crippen molar-refractivity contribution in [1.82, 2.24) is 0 Å². The van der Waals surface area contributed by atoms with Crippen LogP contribution in [0.4, 0.5) is 0 Å². The fraction of sp³-hybridized carbons (Fsp3) is 0.619. The van der Waals surface area contributed by atoms with E-state index in [1.165, 1.54) is 19.5 Å². The van der Waals surface area contributed by atoms with Crippen molar-refractivity contribution >= 4 is 22.7 Å². The van der Waals surface area contributed by atoms with Gasteiger partial charge >= 0.3 is 0 Å². The molecule has 1 spiro atoms. The van der Waals surface area contributed by atoms with E-state index in [4.69, 9.17) is 9.47 Å². The molecule has 134 valence electrons. The summed E-state index contributed by atoms with van der Waals surface area (Å²) in [5.74, 6) is 0.497. The van der Waals surface area contributed by atoms with Crippen molar-refractivity contribution in [2.24, 2.45) is 11.8 Å². The first-order chi connectivity index (χ1) is 12.0. The third-order valence-electron chi connectivity index (χ3n) is 6.72. The molecule has 3 heterocycles. The molecule has 5 rings (SSSR count). The van der Waals surface area contributed by atoms with Crippen molar-refractivity contribution in [2.45, 2.75) is 59.2 Å². The molecular weight excluding hydrogens is 348 g/mol. The number of aryl methyl sites for hydroxylation is 4. The molecule has 2 bridgehead atoms. The van der Waals surface area contributed by atoms with Crippen molar-refractivity contribution in [3.63, 3.8) is 0 Å². The molecule has 3 aliphatic rings. The third kappa shape index (κ3) is 2.27. The van der Waals surface area contributed by atoms with Gasteiger partial charge in [0.15, 0.2) is 5.79 Å². The second-order valence-corrected chi connectivity index (χ2v) is 10.8. The summed E-state index contributed by atoms with van der Waals surface area (Å²) in [7, 11) is 0. The van der Waals surface area contributed by atoms with Gasteiger partial charge in [-0.2, -0.15) is 0 Å². The highest BCUT2D eigenvalue weighted by molar-refractivity contribution is 7.12. The van der Waals surface area contributed by atoms with Crippen molar-refractivity contribution in [3.8, 4) is 0 Å². The number of rotatable bonds is 0. The highest BCUT2D eigenvalue weighted by Crippen LogP contribution is 2.51. The average Bonchev–Trinajstić information content (AvgIpc) is 3.16. The van der Waals surface area contributed by atoms with Gasteiger partial charge in [-0.3, -0.25) is 0 Å². The van der Waals surface area contributed by atoms with Gasteiger partial charge in [0.05, 0.1) is 13.2 Å². The Balaban J connectivity index is 1.69. The molecule has 0 saturated carbocycles. The second kappa shape index (κ2) is 5.66. The normalized spacial score (nSPS) is 27.0. The molecule has 25 heavy (non-hydrogen) atoms. The smallest absolute Gasteiger partial charge is 0.175 e. The number of thiophene rings is 2. The minimum Gasteiger partial charge on any atom is -0.347 e. The van der Waals surface area contributed by atoms with Gasteiger partial charge in [-0.15, -0.1) is 22.7 Å². The van der Waals surface area contributed by atoms with Gasteiger partial charge < -0.3 is 9.47 Å². The predicted octanol–water partition coefficient (Wildman–Crippen LogP) is 4.92. The van der Waals surface area contributed by atoms with Gasteiger partial charge in [0.2, 0.25) is 0 Å². The molecule has 0 aromatic carbocycles. The lowest BCUT2D eigenvalue weighted by atomic mass is 9.82. The third-order valence-corrected chi connectivity index (χ3v) is 8.93. The highest BCUT2D eigenvalue weighted by Gasteiger charge is 2.54. The van der Waals surface area contributed by atoms with Gasteiger partial charge in [-0.25, -0.2) is 0 Å². The minimum absolute atomic E-state index is 0.370. The van der Waals surface area contributed by atoms with Crippen LogP contribution in [0.3, 0.4) is 0 Å². The first kappa shape index (κ1) is 16.5. The van der Waals surface area contributed by atoms with Crippen LogP contribution in [0.15, 0.2) is 0 Å². The Morgan fingerprint density at radius 3 is 1.28 bits per heavy atom. The lowest BCUT2D eigenvalue weighted by molar-refractivity contribution is -0.227. The molecule has 4 heteroatoms. The first-order valence-corrected chi connectivity index (χ1v) is 11.1. The number of ether oxygens (including phenoxy) is 2. The Labute approximate surface area is 158 Å². The molecule has 0 radical (unpaired) electrons. The molecule has 1 aliphatic heterocycles. The van der Waals surface area contributed by atoms with E-state index in [9.17, 15) is 0 Å². The topological polar surface area (TPSA) is 18.5 Å². The van der Waals surface area contributed by atoms with Crippen LogP contribution in [0, 0.1) is 39.5 Å². The SMILES string of the molecule is Cc1sc(C)c2c1CC1Cc3c(C)sc(C)c3CC(C2)C12OCCO2. The Bertz CT molecular complexity index is 721. The van der Waals surface area contributed by atoms with Crippen LogP contribution in [-0.2, 0) is 35.2 Å². The Morgan fingerprint density at radius 1 is 0.640 bits per heavy atom. The Morgan fingerprint density at radius 2 is 0.960 bits per heavy atom. The van der Waals surface area contributed by atoms with E-state index in [0.717, 1.165) is 38.9 Å². The van der Waals surface area contributed by atoms with Crippen LogP contribution in [0.25, 0.3) is 0 Å². The molecule has 0 N–H and O–H groups in total. The minimum atomic E-state index is -0.370. The molecule has 2 aromatic heterocycles. The molecule has 0 atom stereocenters. The summed E-state index contributed by atoms with van der Waals surface area (Å²) in [5, 5.41) is 0. The molecule has 0 unspecified atom stereocenters. The fourth-order valence-electron chi connectivity index (χ4n) is 5.57. The lowest BCUT2D eigenvalue weighted by Crippen LogP contribution is -2.47. The van der Waals surface area contributed by atoms with Crippen LogP contribution < -0.4 is 0 Å².